The number of para-hydroxylation sites is 1. The molecule has 0 unspecified atom stereocenters. The molecule has 1 aliphatic heterocycles. The predicted molar refractivity (Wildman–Crippen MR) is 148 cm³/mol. The molecule has 0 radical (unpaired) electrons. The number of imide groups is 1. The van der Waals surface area contributed by atoms with E-state index in [-0.39, 0.29) is 17.7 Å². The Morgan fingerprint density at radius 2 is 1.44 bits per heavy atom. The zero-order valence-electron chi connectivity index (χ0n) is 19.8. The fourth-order valence-electron chi connectivity index (χ4n) is 4.98. The summed E-state index contributed by atoms with van der Waals surface area (Å²) < 4.78 is 2.27. The Morgan fingerprint density at radius 1 is 0.750 bits per heavy atom. The maximum Gasteiger partial charge on any atom is 0.293 e. The van der Waals surface area contributed by atoms with Gasteiger partial charge in [0.25, 0.3) is 11.1 Å². The number of fused-ring (bicyclic) bond motifs is 2. The molecule has 0 spiro atoms. The molecule has 2 amide bonds. The Labute approximate surface area is 213 Å². The molecule has 1 aromatic heterocycles. The van der Waals surface area contributed by atoms with Gasteiger partial charge >= 0.3 is 0 Å². The third-order valence-electron chi connectivity index (χ3n) is 6.82. The van der Waals surface area contributed by atoms with Crippen LogP contribution in [0.4, 0.5) is 4.79 Å². The average Bonchev–Trinajstić information content (AvgIpc) is 3.32. The number of hydrogen-bond acceptors (Lipinski definition) is 3. The molecule has 5 heteroatoms. The van der Waals surface area contributed by atoms with Crippen molar-refractivity contribution in [3.05, 3.63) is 124 Å². The van der Waals surface area contributed by atoms with Gasteiger partial charge in [0.2, 0.25) is 0 Å². The minimum atomic E-state index is -0.239. The van der Waals surface area contributed by atoms with E-state index in [0.717, 1.165) is 56.8 Å². The molecular formula is C31H24N2O2S. The van der Waals surface area contributed by atoms with Crippen molar-refractivity contribution < 1.29 is 9.59 Å². The zero-order chi connectivity index (χ0) is 24.6. The number of benzene rings is 4. The number of rotatable bonds is 5. The van der Waals surface area contributed by atoms with Crippen LogP contribution in [0.2, 0.25) is 0 Å². The quantitative estimate of drug-likeness (QED) is 0.242. The Balaban J connectivity index is 1.36. The Bertz CT molecular complexity index is 1660. The van der Waals surface area contributed by atoms with Crippen molar-refractivity contribution in [3.63, 3.8) is 0 Å². The molecule has 4 aromatic carbocycles. The van der Waals surface area contributed by atoms with Crippen LogP contribution in [0.3, 0.4) is 0 Å². The summed E-state index contributed by atoms with van der Waals surface area (Å²) in [6.07, 6.45) is 1.90. The second-order valence-corrected chi connectivity index (χ2v) is 9.99. The standard InChI is InChI=1S/C31H24N2O2S/c1-21-27(26-16-7-8-17-28(26)32(21)19-22-10-3-2-4-11-22)18-29-30(34)33(31(35)36-29)20-24-14-9-13-23-12-5-6-15-25(23)24/h2-18H,19-20H2,1H3/b29-18-. The number of thioether (sulfide) groups is 1. The van der Waals surface area contributed by atoms with Crippen molar-refractivity contribution >= 4 is 50.7 Å². The highest BCUT2D eigenvalue weighted by Crippen LogP contribution is 2.37. The molecule has 1 fully saturated rings. The lowest BCUT2D eigenvalue weighted by Crippen LogP contribution is -2.27. The van der Waals surface area contributed by atoms with Crippen LogP contribution >= 0.6 is 11.8 Å². The monoisotopic (exact) mass is 488 g/mol. The van der Waals surface area contributed by atoms with Crippen molar-refractivity contribution in [1.82, 2.24) is 9.47 Å². The minimum Gasteiger partial charge on any atom is -0.340 e. The lowest BCUT2D eigenvalue weighted by molar-refractivity contribution is -0.123. The first-order valence-electron chi connectivity index (χ1n) is 11.9. The molecule has 0 N–H and O–H groups in total. The fraction of sp³-hybridized carbons (Fsp3) is 0.0968. The molecule has 4 nitrogen and oxygen atoms in total. The topological polar surface area (TPSA) is 42.3 Å². The lowest BCUT2D eigenvalue weighted by Gasteiger charge is -2.14. The van der Waals surface area contributed by atoms with Crippen LogP contribution in [0.15, 0.2) is 102 Å². The second-order valence-electron chi connectivity index (χ2n) is 8.99. The van der Waals surface area contributed by atoms with Crippen LogP contribution in [0, 0.1) is 6.92 Å². The van der Waals surface area contributed by atoms with Crippen LogP contribution in [0.25, 0.3) is 27.8 Å². The van der Waals surface area contributed by atoms with E-state index in [1.807, 2.05) is 78.9 Å². The number of hydrogen-bond donors (Lipinski definition) is 0. The van der Waals surface area contributed by atoms with Gasteiger partial charge in [-0.3, -0.25) is 14.5 Å². The lowest BCUT2D eigenvalue weighted by atomic mass is 10.0. The summed E-state index contributed by atoms with van der Waals surface area (Å²) in [5.74, 6) is -0.239. The van der Waals surface area contributed by atoms with E-state index in [9.17, 15) is 9.59 Å². The van der Waals surface area contributed by atoms with E-state index in [0.29, 0.717) is 4.91 Å². The van der Waals surface area contributed by atoms with Gasteiger partial charge in [-0.1, -0.05) is 91.0 Å². The smallest absolute Gasteiger partial charge is 0.293 e. The van der Waals surface area contributed by atoms with Gasteiger partial charge in [-0.2, -0.15) is 0 Å². The molecule has 0 atom stereocenters. The summed E-state index contributed by atoms with van der Waals surface area (Å²) in [7, 11) is 0. The summed E-state index contributed by atoms with van der Waals surface area (Å²) in [5, 5.41) is 3.00. The molecule has 2 heterocycles. The first-order chi connectivity index (χ1) is 17.6. The minimum absolute atomic E-state index is 0.232. The number of carbonyl (C=O) groups excluding carboxylic acids is 2. The molecule has 0 aliphatic carbocycles. The molecule has 0 saturated carbocycles. The summed E-state index contributed by atoms with van der Waals surface area (Å²) in [5.41, 5.74) is 5.34. The summed E-state index contributed by atoms with van der Waals surface area (Å²) >= 11 is 1.02. The Kier molecular flexibility index (Phi) is 5.70. The first kappa shape index (κ1) is 22.4. The van der Waals surface area contributed by atoms with Crippen LogP contribution < -0.4 is 0 Å². The predicted octanol–water partition coefficient (Wildman–Crippen LogP) is 7.39. The molecular weight excluding hydrogens is 464 g/mol. The van der Waals surface area contributed by atoms with Crippen molar-refractivity contribution in [1.29, 1.82) is 0 Å². The van der Waals surface area contributed by atoms with E-state index >= 15 is 0 Å². The van der Waals surface area contributed by atoms with Crippen molar-refractivity contribution in [2.75, 3.05) is 0 Å². The highest BCUT2D eigenvalue weighted by Gasteiger charge is 2.35. The third-order valence-corrected chi connectivity index (χ3v) is 7.73. The van der Waals surface area contributed by atoms with Gasteiger partial charge < -0.3 is 4.57 Å². The highest BCUT2D eigenvalue weighted by atomic mass is 32.2. The van der Waals surface area contributed by atoms with Gasteiger partial charge in [-0.05, 0) is 52.7 Å². The van der Waals surface area contributed by atoms with Crippen molar-refractivity contribution in [3.8, 4) is 0 Å². The van der Waals surface area contributed by atoms with Gasteiger partial charge in [0.15, 0.2) is 0 Å². The number of amides is 2. The molecule has 5 aromatic rings. The number of aromatic nitrogens is 1. The second kappa shape index (κ2) is 9.17. The maximum absolute atomic E-state index is 13.4. The van der Waals surface area contributed by atoms with Gasteiger partial charge in [0.05, 0.1) is 11.4 Å². The van der Waals surface area contributed by atoms with E-state index in [4.69, 9.17) is 0 Å². The van der Waals surface area contributed by atoms with Crippen LogP contribution in [0.5, 0.6) is 0 Å². The summed E-state index contributed by atoms with van der Waals surface area (Å²) in [6, 6.07) is 32.6. The number of nitrogens with zero attached hydrogens (tertiary/aromatic N) is 2. The van der Waals surface area contributed by atoms with E-state index in [1.54, 1.807) is 0 Å². The maximum atomic E-state index is 13.4. The van der Waals surface area contributed by atoms with Crippen LogP contribution in [-0.4, -0.2) is 20.6 Å². The SMILES string of the molecule is Cc1c(/C=C2\SC(=O)N(Cc3cccc4ccccc34)C2=O)c2ccccc2n1Cc1ccccc1. The van der Waals surface area contributed by atoms with E-state index in [1.165, 1.54) is 10.5 Å². The van der Waals surface area contributed by atoms with Crippen LogP contribution in [0.1, 0.15) is 22.4 Å². The summed E-state index contributed by atoms with van der Waals surface area (Å²) in [6.45, 7) is 3.08. The van der Waals surface area contributed by atoms with Crippen molar-refractivity contribution in [2.24, 2.45) is 0 Å². The molecule has 176 valence electrons. The van der Waals surface area contributed by atoms with Crippen LogP contribution in [-0.2, 0) is 17.9 Å². The normalized spacial score (nSPS) is 15.0. The Morgan fingerprint density at radius 3 is 2.28 bits per heavy atom. The van der Waals surface area contributed by atoms with Gasteiger partial charge in [0, 0.05) is 28.7 Å². The first-order valence-corrected chi connectivity index (χ1v) is 12.8. The van der Waals surface area contributed by atoms with Gasteiger partial charge in [-0.15, -0.1) is 0 Å². The Hall–Kier alpha value is -4.09. The molecule has 1 aliphatic rings. The van der Waals surface area contributed by atoms with E-state index < -0.39 is 0 Å². The van der Waals surface area contributed by atoms with E-state index in [2.05, 4.69) is 35.8 Å². The highest BCUT2D eigenvalue weighted by molar-refractivity contribution is 8.18. The molecule has 36 heavy (non-hydrogen) atoms. The zero-order valence-corrected chi connectivity index (χ0v) is 20.7. The fourth-order valence-corrected chi connectivity index (χ4v) is 5.80. The largest absolute Gasteiger partial charge is 0.340 e. The average molecular weight is 489 g/mol. The third kappa shape index (κ3) is 3.91. The van der Waals surface area contributed by atoms with Crippen molar-refractivity contribution in [2.45, 2.75) is 20.0 Å². The molecule has 0 bridgehead atoms. The van der Waals surface area contributed by atoms with Gasteiger partial charge in [0.1, 0.15) is 0 Å². The molecule has 6 rings (SSSR count). The molecule has 1 saturated heterocycles. The summed E-state index contributed by atoms with van der Waals surface area (Å²) in [4.78, 5) is 28.2. The van der Waals surface area contributed by atoms with Gasteiger partial charge in [-0.25, -0.2) is 0 Å². The number of carbonyl (C=O) groups is 2.